The van der Waals surface area contributed by atoms with Crippen molar-refractivity contribution in [3.63, 3.8) is 0 Å². The highest BCUT2D eigenvalue weighted by Gasteiger charge is 2.07. The van der Waals surface area contributed by atoms with Crippen molar-refractivity contribution in [3.05, 3.63) is 56.5 Å². The van der Waals surface area contributed by atoms with Crippen LogP contribution in [0.3, 0.4) is 0 Å². The Balaban J connectivity index is 1.72. The molecule has 108 valence electrons. The molecule has 1 aromatic carbocycles. The molecule has 0 atom stereocenters. The minimum atomic E-state index is -0.568. The minimum absolute atomic E-state index is 0.259. The summed E-state index contributed by atoms with van der Waals surface area (Å²) in [5.41, 5.74) is 0.600. The Labute approximate surface area is 119 Å². The molecule has 3 aromatic rings. The van der Waals surface area contributed by atoms with Crippen molar-refractivity contribution in [1.82, 2.24) is 19.9 Å². The first-order valence-electron chi connectivity index (χ1n) is 6.52. The van der Waals surface area contributed by atoms with Gasteiger partial charge in [0.15, 0.2) is 5.65 Å². The number of ether oxygens (including phenoxy) is 1. The number of nitrogens with zero attached hydrogens (tertiary/aromatic N) is 1. The Kier molecular flexibility index (Phi) is 3.31. The van der Waals surface area contributed by atoms with E-state index in [2.05, 4.69) is 19.9 Å². The number of benzene rings is 1. The van der Waals surface area contributed by atoms with Gasteiger partial charge in [0.1, 0.15) is 17.1 Å². The van der Waals surface area contributed by atoms with Crippen molar-refractivity contribution in [2.24, 2.45) is 0 Å². The Hall–Kier alpha value is -2.83. The topological polar surface area (TPSA) is 104 Å². The van der Waals surface area contributed by atoms with Gasteiger partial charge in [-0.1, -0.05) is 12.1 Å². The van der Waals surface area contributed by atoms with E-state index < -0.39 is 11.2 Å². The molecule has 0 aliphatic rings. The SMILES string of the molecule is Cc1cccc(OCCc2nc3[nH]c(=O)[nH]c(=O)c3[nH]2)c1. The van der Waals surface area contributed by atoms with Crippen LogP contribution in [-0.4, -0.2) is 26.5 Å². The molecule has 3 N–H and O–H groups in total. The number of aryl methyl sites for hydroxylation is 1. The van der Waals surface area contributed by atoms with Crippen LogP contribution in [0.1, 0.15) is 11.4 Å². The van der Waals surface area contributed by atoms with Crippen LogP contribution >= 0.6 is 0 Å². The lowest BCUT2D eigenvalue weighted by Gasteiger charge is -2.05. The molecule has 0 amide bonds. The number of aromatic nitrogens is 4. The maximum absolute atomic E-state index is 11.6. The van der Waals surface area contributed by atoms with Crippen molar-refractivity contribution >= 4 is 11.2 Å². The Morgan fingerprint density at radius 2 is 2.05 bits per heavy atom. The fourth-order valence-corrected chi connectivity index (χ4v) is 2.07. The first-order chi connectivity index (χ1) is 10.1. The van der Waals surface area contributed by atoms with Crippen LogP contribution in [0, 0.1) is 6.92 Å². The van der Waals surface area contributed by atoms with Crippen LogP contribution in [0.15, 0.2) is 33.9 Å². The fourth-order valence-electron chi connectivity index (χ4n) is 2.07. The monoisotopic (exact) mass is 286 g/mol. The van der Waals surface area contributed by atoms with E-state index >= 15 is 0 Å². The quantitative estimate of drug-likeness (QED) is 0.662. The molecule has 0 bridgehead atoms. The molecule has 0 fully saturated rings. The van der Waals surface area contributed by atoms with Crippen LogP contribution in [0.5, 0.6) is 5.75 Å². The number of hydrogen-bond acceptors (Lipinski definition) is 4. The highest BCUT2D eigenvalue weighted by molar-refractivity contribution is 5.68. The van der Waals surface area contributed by atoms with E-state index in [4.69, 9.17) is 4.74 Å². The second-order valence-electron chi connectivity index (χ2n) is 4.73. The highest BCUT2D eigenvalue weighted by Crippen LogP contribution is 2.12. The molecule has 7 nitrogen and oxygen atoms in total. The first kappa shape index (κ1) is 13.2. The summed E-state index contributed by atoms with van der Waals surface area (Å²) >= 11 is 0. The molecule has 0 radical (unpaired) electrons. The fraction of sp³-hybridized carbons (Fsp3) is 0.214. The summed E-state index contributed by atoms with van der Waals surface area (Å²) in [6.07, 6.45) is 0.504. The Morgan fingerprint density at radius 3 is 2.86 bits per heavy atom. The molecule has 2 aromatic heterocycles. The van der Waals surface area contributed by atoms with Gasteiger partial charge in [0, 0.05) is 6.42 Å². The van der Waals surface area contributed by atoms with E-state index in [0.29, 0.717) is 18.9 Å². The van der Waals surface area contributed by atoms with E-state index in [9.17, 15) is 9.59 Å². The zero-order valence-corrected chi connectivity index (χ0v) is 11.4. The second-order valence-corrected chi connectivity index (χ2v) is 4.73. The van der Waals surface area contributed by atoms with Gasteiger partial charge in [0.05, 0.1) is 6.61 Å². The standard InChI is InChI=1S/C14H14N4O3/c1-8-3-2-4-9(7-8)21-6-5-10-15-11-12(16-10)17-14(20)18-13(11)19/h2-4,7H,5-6H2,1H3,(H3,15,16,17,18,19,20). The van der Waals surface area contributed by atoms with Gasteiger partial charge in [0.2, 0.25) is 0 Å². The lowest BCUT2D eigenvalue weighted by molar-refractivity contribution is 0.319. The van der Waals surface area contributed by atoms with E-state index in [0.717, 1.165) is 11.3 Å². The third-order valence-corrected chi connectivity index (χ3v) is 3.04. The van der Waals surface area contributed by atoms with Crippen LogP contribution < -0.4 is 16.0 Å². The summed E-state index contributed by atoms with van der Waals surface area (Å²) in [4.78, 5) is 34.4. The minimum Gasteiger partial charge on any atom is -0.493 e. The van der Waals surface area contributed by atoms with Crippen molar-refractivity contribution in [1.29, 1.82) is 0 Å². The predicted octanol–water partition coefficient (Wildman–Crippen LogP) is 0.869. The third-order valence-electron chi connectivity index (χ3n) is 3.04. The molecule has 0 aliphatic carbocycles. The van der Waals surface area contributed by atoms with Gasteiger partial charge in [-0.2, -0.15) is 0 Å². The molecular weight excluding hydrogens is 272 g/mol. The lowest BCUT2D eigenvalue weighted by Crippen LogP contribution is -2.21. The van der Waals surface area contributed by atoms with Gasteiger partial charge in [-0.15, -0.1) is 0 Å². The number of aromatic amines is 3. The van der Waals surface area contributed by atoms with E-state index in [-0.39, 0.29) is 11.2 Å². The second kappa shape index (κ2) is 5.28. The number of rotatable bonds is 4. The molecule has 21 heavy (non-hydrogen) atoms. The summed E-state index contributed by atoms with van der Waals surface area (Å²) in [6.45, 7) is 2.42. The summed E-state index contributed by atoms with van der Waals surface area (Å²) < 4.78 is 5.62. The summed E-state index contributed by atoms with van der Waals surface area (Å²) in [6, 6.07) is 7.75. The zero-order valence-electron chi connectivity index (χ0n) is 11.4. The van der Waals surface area contributed by atoms with Crippen molar-refractivity contribution < 1.29 is 4.74 Å². The average molecular weight is 286 g/mol. The van der Waals surface area contributed by atoms with Crippen LogP contribution in [-0.2, 0) is 6.42 Å². The van der Waals surface area contributed by atoms with Gasteiger partial charge < -0.3 is 9.72 Å². The zero-order chi connectivity index (χ0) is 14.8. The van der Waals surface area contributed by atoms with Gasteiger partial charge in [-0.3, -0.25) is 14.8 Å². The summed E-state index contributed by atoms with van der Waals surface area (Å²) in [5.74, 6) is 1.38. The van der Waals surface area contributed by atoms with Crippen LogP contribution in [0.25, 0.3) is 11.2 Å². The number of hydrogen-bond donors (Lipinski definition) is 3. The first-order valence-corrected chi connectivity index (χ1v) is 6.52. The number of fused-ring (bicyclic) bond motifs is 1. The largest absolute Gasteiger partial charge is 0.493 e. The van der Waals surface area contributed by atoms with Crippen molar-refractivity contribution in [3.8, 4) is 5.75 Å². The summed E-state index contributed by atoms with van der Waals surface area (Å²) in [5, 5.41) is 0. The Morgan fingerprint density at radius 1 is 1.19 bits per heavy atom. The third kappa shape index (κ3) is 2.86. The van der Waals surface area contributed by atoms with Crippen molar-refractivity contribution in [2.45, 2.75) is 13.3 Å². The molecule has 7 heteroatoms. The van der Waals surface area contributed by atoms with Crippen LogP contribution in [0.2, 0.25) is 0 Å². The molecular formula is C14H14N4O3. The predicted molar refractivity (Wildman–Crippen MR) is 77.7 cm³/mol. The lowest BCUT2D eigenvalue weighted by atomic mass is 10.2. The molecule has 0 saturated heterocycles. The molecule has 3 rings (SSSR count). The molecule has 0 saturated carbocycles. The molecule has 0 spiro atoms. The van der Waals surface area contributed by atoms with E-state index in [1.165, 1.54) is 0 Å². The number of H-pyrrole nitrogens is 3. The van der Waals surface area contributed by atoms with E-state index in [1.807, 2.05) is 31.2 Å². The maximum Gasteiger partial charge on any atom is 0.327 e. The van der Waals surface area contributed by atoms with E-state index in [1.54, 1.807) is 0 Å². The van der Waals surface area contributed by atoms with Gasteiger partial charge in [-0.05, 0) is 24.6 Å². The van der Waals surface area contributed by atoms with Crippen LogP contribution in [0.4, 0.5) is 0 Å². The highest BCUT2D eigenvalue weighted by atomic mass is 16.5. The average Bonchev–Trinajstić information content (AvgIpc) is 2.82. The summed E-state index contributed by atoms with van der Waals surface area (Å²) in [7, 11) is 0. The normalized spacial score (nSPS) is 10.9. The smallest absolute Gasteiger partial charge is 0.327 e. The molecule has 0 aliphatic heterocycles. The Bertz CT molecular complexity index is 891. The van der Waals surface area contributed by atoms with Crippen molar-refractivity contribution in [2.75, 3.05) is 6.61 Å². The number of nitrogens with one attached hydrogen (secondary N) is 3. The maximum atomic E-state index is 11.6. The number of imidazole rings is 1. The van der Waals surface area contributed by atoms with Gasteiger partial charge >= 0.3 is 5.69 Å². The van der Waals surface area contributed by atoms with Gasteiger partial charge in [0.25, 0.3) is 5.56 Å². The van der Waals surface area contributed by atoms with Gasteiger partial charge in [-0.25, -0.2) is 9.78 Å². The molecule has 0 unspecified atom stereocenters. The molecule has 2 heterocycles.